The highest BCUT2D eigenvalue weighted by Crippen LogP contribution is 2.22. The van der Waals surface area contributed by atoms with Gasteiger partial charge in [0.2, 0.25) is 5.89 Å². The predicted molar refractivity (Wildman–Crippen MR) is 76.4 cm³/mol. The van der Waals surface area contributed by atoms with E-state index in [1.807, 2.05) is 0 Å². The lowest BCUT2D eigenvalue weighted by molar-refractivity contribution is 0.108. The van der Waals surface area contributed by atoms with Crippen LogP contribution in [-0.2, 0) is 6.42 Å². The van der Waals surface area contributed by atoms with Gasteiger partial charge < -0.3 is 20.1 Å². The number of nitrogens with one attached hydrogen (secondary N) is 1. The lowest BCUT2D eigenvalue weighted by Crippen LogP contribution is -2.45. The van der Waals surface area contributed by atoms with E-state index in [1.54, 1.807) is 12.5 Å². The van der Waals surface area contributed by atoms with Gasteiger partial charge in [-0.15, -0.1) is 0 Å². The number of hydrogen-bond acceptors (Lipinski definition) is 7. The fourth-order valence-corrected chi connectivity index (χ4v) is 2.54. The number of H-pyrrole nitrogens is 1. The molecule has 2 atom stereocenters. The third kappa shape index (κ3) is 3.12. The Hall–Kier alpha value is -1.77. The topological polar surface area (TPSA) is 100 Å². The van der Waals surface area contributed by atoms with Crippen molar-refractivity contribution in [3.05, 3.63) is 29.9 Å². The van der Waals surface area contributed by atoms with Gasteiger partial charge in [-0.1, -0.05) is 5.16 Å². The van der Waals surface area contributed by atoms with Crippen LogP contribution in [0.25, 0.3) is 0 Å². The molecule has 0 amide bonds. The van der Waals surface area contributed by atoms with Gasteiger partial charge in [0.25, 0.3) is 0 Å². The maximum absolute atomic E-state index is 6.12. The van der Waals surface area contributed by atoms with Crippen molar-refractivity contribution < 1.29 is 4.52 Å². The highest BCUT2D eigenvalue weighted by molar-refractivity contribution is 5.04. The molecule has 1 saturated heterocycles. The minimum absolute atomic E-state index is 0.153. The molecule has 1 aliphatic rings. The number of nitrogens with zero attached hydrogens (tertiary/aromatic N) is 5. The summed E-state index contributed by atoms with van der Waals surface area (Å²) in [6, 6.07) is -0.168. The quantitative estimate of drug-likeness (QED) is 0.814. The fraction of sp³-hybridized carbons (Fsp3) is 0.615. The molecule has 0 aliphatic carbocycles. The summed E-state index contributed by atoms with van der Waals surface area (Å²) in [4.78, 5) is 16.0. The molecule has 0 spiro atoms. The number of likely N-dealkylation sites (N-methyl/N-ethyl adjacent to an activating group) is 2. The monoisotopic (exact) mass is 291 g/mol. The third-order valence-electron chi connectivity index (χ3n) is 3.92. The van der Waals surface area contributed by atoms with Gasteiger partial charge in [0, 0.05) is 37.9 Å². The molecule has 3 N–H and O–H groups in total. The Balaban J connectivity index is 1.70. The number of nitrogens with two attached hydrogens (primary N) is 1. The molecule has 114 valence electrons. The Morgan fingerprint density at radius 3 is 3.10 bits per heavy atom. The van der Waals surface area contributed by atoms with E-state index >= 15 is 0 Å². The average Bonchev–Trinajstić information content (AvgIpc) is 3.12. The Labute approximate surface area is 123 Å². The lowest BCUT2D eigenvalue weighted by Gasteiger charge is -2.35. The van der Waals surface area contributed by atoms with Crippen molar-refractivity contribution in [3.63, 3.8) is 0 Å². The summed E-state index contributed by atoms with van der Waals surface area (Å²) in [6.45, 7) is 2.94. The highest BCUT2D eigenvalue weighted by atomic mass is 16.5. The Kier molecular flexibility index (Phi) is 4.00. The zero-order valence-electron chi connectivity index (χ0n) is 12.4. The Bertz CT molecular complexity index is 567. The maximum atomic E-state index is 6.12. The first kappa shape index (κ1) is 14.2. The molecular weight excluding hydrogens is 270 g/mol. The zero-order valence-corrected chi connectivity index (χ0v) is 12.4. The van der Waals surface area contributed by atoms with Crippen molar-refractivity contribution >= 4 is 0 Å². The molecule has 21 heavy (non-hydrogen) atoms. The molecule has 8 nitrogen and oxygen atoms in total. The van der Waals surface area contributed by atoms with Crippen LogP contribution in [0.4, 0.5) is 0 Å². The fourth-order valence-electron chi connectivity index (χ4n) is 2.54. The smallest absolute Gasteiger partial charge is 0.244 e. The van der Waals surface area contributed by atoms with E-state index in [9.17, 15) is 0 Å². The van der Waals surface area contributed by atoms with Gasteiger partial charge in [-0.2, -0.15) is 4.98 Å². The second-order valence-corrected chi connectivity index (χ2v) is 5.64. The van der Waals surface area contributed by atoms with Crippen molar-refractivity contribution in [1.29, 1.82) is 0 Å². The second-order valence-electron chi connectivity index (χ2n) is 5.64. The van der Waals surface area contributed by atoms with Crippen LogP contribution in [0.3, 0.4) is 0 Å². The van der Waals surface area contributed by atoms with Crippen molar-refractivity contribution in [3.8, 4) is 0 Å². The van der Waals surface area contributed by atoms with Gasteiger partial charge in [0.05, 0.1) is 18.4 Å². The first-order valence-corrected chi connectivity index (χ1v) is 7.08. The van der Waals surface area contributed by atoms with Crippen molar-refractivity contribution in [2.24, 2.45) is 5.73 Å². The van der Waals surface area contributed by atoms with Crippen LogP contribution in [0.5, 0.6) is 0 Å². The van der Waals surface area contributed by atoms with Crippen molar-refractivity contribution in [1.82, 2.24) is 29.9 Å². The summed E-state index contributed by atoms with van der Waals surface area (Å²) in [5, 5.41) is 4.11. The summed E-state index contributed by atoms with van der Waals surface area (Å²) in [6.07, 6.45) is 3.98. The first-order chi connectivity index (χ1) is 10.1. The maximum Gasteiger partial charge on any atom is 0.244 e. The van der Waals surface area contributed by atoms with E-state index in [2.05, 4.69) is 44.0 Å². The molecule has 3 heterocycles. The van der Waals surface area contributed by atoms with Crippen LogP contribution in [0, 0.1) is 0 Å². The SMILES string of the molecule is CN1CCN(C)C(c2noc([C@H](N)Cc3cnc[nH]3)n2)C1. The van der Waals surface area contributed by atoms with Crippen molar-refractivity contribution in [2.45, 2.75) is 18.5 Å². The first-order valence-electron chi connectivity index (χ1n) is 7.08. The van der Waals surface area contributed by atoms with Crippen LogP contribution in [0.15, 0.2) is 17.0 Å². The van der Waals surface area contributed by atoms with E-state index in [4.69, 9.17) is 10.3 Å². The molecular formula is C13H21N7O. The average molecular weight is 291 g/mol. The molecule has 0 radical (unpaired) electrons. The van der Waals surface area contributed by atoms with E-state index in [0.29, 0.717) is 18.1 Å². The van der Waals surface area contributed by atoms with Crippen LogP contribution >= 0.6 is 0 Å². The summed E-state index contributed by atoms with van der Waals surface area (Å²) >= 11 is 0. The minimum atomic E-state index is -0.321. The molecule has 3 rings (SSSR count). The standard InChI is InChI=1S/C13H21N7O/c1-19-3-4-20(2)11(7-19)12-17-13(21-18-12)10(14)5-9-6-15-8-16-9/h6,8,10-11H,3-5,7,14H2,1-2H3,(H,15,16)/t10-,11?/m1/s1. The van der Waals surface area contributed by atoms with Crippen molar-refractivity contribution in [2.75, 3.05) is 33.7 Å². The molecule has 1 aliphatic heterocycles. The normalized spacial score (nSPS) is 22.5. The van der Waals surface area contributed by atoms with Gasteiger partial charge in [0.1, 0.15) is 0 Å². The Morgan fingerprint density at radius 2 is 2.33 bits per heavy atom. The highest BCUT2D eigenvalue weighted by Gasteiger charge is 2.28. The molecule has 0 bridgehead atoms. The number of aromatic amines is 1. The summed E-state index contributed by atoms with van der Waals surface area (Å²) in [5.74, 6) is 1.18. The van der Waals surface area contributed by atoms with Gasteiger partial charge in [-0.05, 0) is 14.1 Å². The summed E-state index contributed by atoms with van der Waals surface area (Å²) < 4.78 is 5.35. The third-order valence-corrected chi connectivity index (χ3v) is 3.92. The van der Waals surface area contributed by atoms with Gasteiger partial charge in [0.15, 0.2) is 5.82 Å². The number of imidazole rings is 1. The number of rotatable bonds is 4. The van der Waals surface area contributed by atoms with E-state index in [-0.39, 0.29) is 12.1 Å². The lowest BCUT2D eigenvalue weighted by atomic mass is 10.1. The van der Waals surface area contributed by atoms with Gasteiger partial charge in [-0.25, -0.2) is 4.98 Å². The van der Waals surface area contributed by atoms with Crippen LogP contribution in [0.1, 0.15) is 29.5 Å². The predicted octanol–water partition coefficient (Wildman–Crippen LogP) is -0.0465. The minimum Gasteiger partial charge on any atom is -0.348 e. The number of hydrogen-bond donors (Lipinski definition) is 2. The van der Waals surface area contributed by atoms with E-state index < -0.39 is 0 Å². The van der Waals surface area contributed by atoms with Gasteiger partial charge >= 0.3 is 0 Å². The molecule has 1 fully saturated rings. The number of aromatic nitrogens is 4. The second kappa shape index (κ2) is 5.92. The molecule has 2 aromatic rings. The van der Waals surface area contributed by atoms with Crippen LogP contribution in [0.2, 0.25) is 0 Å². The van der Waals surface area contributed by atoms with E-state index in [1.165, 1.54) is 0 Å². The summed E-state index contributed by atoms with van der Waals surface area (Å²) in [5.41, 5.74) is 7.08. The Morgan fingerprint density at radius 1 is 1.48 bits per heavy atom. The zero-order chi connectivity index (χ0) is 14.8. The number of piperazine rings is 1. The summed E-state index contributed by atoms with van der Waals surface area (Å²) in [7, 11) is 4.18. The largest absolute Gasteiger partial charge is 0.348 e. The molecule has 1 unspecified atom stereocenters. The molecule has 8 heteroatoms. The van der Waals surface area contributed by atoms with Gasteiger partial charge in [-0.3, -0.25) is 4.90 Å². The molecule has 0 aromatic carbocycles. The molecule has 2 aromatic heterocycles. The molecule has 0 saturated carbocycles. The van der Waals surface area contributed by atoms with Crippen LogP contribution in [-0.4, -0.2) is 63.6 Å². The van der Waals surface area contributed by atoms with E-state index in [0.717, 1.165) is 25.3 Å². The van der Waals surface area contributed by atoms with Crippen LogP contribution < -0.4 is 5.73 Å².